The Morgan fingerprint density at radius 1 is 0.966 bits per heavy atom. The highest BCUT2D eigenvalue weighted by atomic mass is 35.5. The van der Waals surface area contributed by atoms with E-state index < -0.39 is 0 Å². The zero-order chi connectivity index (χ0) is 20.2. The van der Waals surface area contributed by atoms with Crippen LogP contribution in [0.25, 0.3) is 22.8 Å². The summed E-state index contributed by atoms with van der Waals surface area (Å²) in [6, 6.07) is 21.3. The van der Waals surface area contributed by atoms with Gasteiger partial charge in [0.25, 0.3) is 11.8 Å². The lowest BCUT2D eigenvalue weighted by atomic mass is 10.1. The van der Waals surface area contributed by atoms with Gasteiger partial charge in [-0.3, -0.25) is 4.79 Å². The smallest absolute Gasteiger partial charge is 0.259 e. The van der Waals surface area contributed by atoms with Crippen molar-refractivity contribution in [3.8, 4) is 28.6 Å². The van der Waals surface area contributed by atoms with Crippen molar-refractivity contribution >= 4 is 23.2 Å². The molecule has 0 radical (unpaired) electrons. The number of ether oxygens (including phenoxy) is 1. The zero-order valence-electron chi connectivity index (χ0n) is 15.4. The number of aromatic nitrogens is 2. The molecule has 7 heteroatoms. The fourth-order valence-corrected chi connectivity index (χ4v) is 3.05. The van der Waals surface area contributed by atoms with Gasteiger partial charge in [0.05, 0.1) is 23.3 Å². The fourth-order valence-electron chi connectivity index (χ4n) is 2.83. The summed E-state index contributed by atoms with van der Waals surface area (Å²) < 4.78 is 10.5. The first-order valence-corrected chi connectivity index (χ1v) is 9.17. The number of halogens is 1. The number of benzene rings is 3. The molecule has 4 aromatic rings. The van der Waals surface area contributed by atoms with Crippen molar-refractivity contribution in [2.75, 3.05) is 12.4 Å². The summed E-state index contributed by atoms with van der Waals surface area (Å²) in [7, 11) is 1.59. The zero-order valence-corrected chi connectivity index (χ0v) is 16.2. The van der Waals surface area contributed by atoms with Crippen molar-refractivity contribution < 1.29 is 14.1 Å². The second-order valence-corrected chi connectivity index (χ2v) is 6.54. The van der Waals surface area contributed by atoms with Crippen LogP contribution in [-0.2, 0) is 0 Å². The van der Waals surface area contributed by atoms with Crippen molar-refractivity contribution in [3.05, 3.63) is 83.4 Å². The van der Waals surface area contributed by atoms with E-state index >= 15 is 0 Å². The quantitative estimate of drug-likeness (QED) is 0.486. The first-order chi connectivity index (χ1) is 14.2. The predicted octanol–water partition coefficient (Wildman–Crippen LogP) is 5.32. The van der Waals surface area contributed by atoms with Gasteiger partial charge in [-0.1, -0.05) is 41.0 Å². The molecule has 3 aromatic carbocycles. The van der Waals surface area contributed by atoms with Gasteiger partial charge in [0.2, 0.25) is 5.82 Å². The summed E-state index contributed by atoms with van der Waals surface area (Å²) in [5, 5.41) is 7.39. The normalized spacial score (nSPS) is 10.6. The predicted molar refractivity (Wildman–Crippen MR) is 111 cm³/mol. The first kappa shape index (κ1) is 18.7. The molecule has 0 aliphatic heterocycles. The highest BCUT2D eigenvalue weighted by Crippen LogP contribution is 2.29. The Morgan fingerprint density at radius 2 is 1.66 bits per heavy atom. The van der Waals surface area contributed by atoms with Crippen LogP contribution in [0.5, 0.6) is 5.75 Å². The molecule has 1 N–H and O–H groups in total. The van der Waals surface area contributed by atoms with Crippen LogP contribution in [0.3, 0.4) is 0 Å². The van der Waals surface area contributed by atoms with Gasteiger partial charge >= 0.3 is 0 Å². The van der Waals surface area contributed by atoms with E-state index in [-0.39, 0.29) is 11.8 Å². The Kier molecular flexibility index (Phi) is 5.27. The van der Waals surface area contributed by atoms with Crippen LogP contribution in [0, 0.1) is 0 Å². The number of hydrogen-bond donors (Lipinski definition) is 1. The minimum Gasteiger partial charge on any atom is -0.497 e. The molecule has 144 valence electrons. The van der Waals surface area contributed by atoms with Crippen LogP contribution in [0.15, 0.2) is 77.3 Å². The Hall–Kier alpha value is -3.64. The fraction of sp³-hybridized carbons (Fsp3) is 0.0455. The maximum Gasteiger partial charge on any atom is 0.259 e. The van der Waals surface area contributed by atoms with Gasteiger partial charge in [0.1, 0.15) is 5.75 Å². The summed E-state index contributed by atoms with van der Waals surface area (Å²) in [5.74, 6) is 1.01. The van der Waals surface area contributed by atoms with Crippen molar-refractivity contribution in [2.45, 2.75) is 0 Å². The second-order valence-electron chi connectivity index (χ2n) is 6.13. The number of rotatable bonds is 5. The van der Waals surface area contributed by atoms with Crippen molar-refractivity contribution in [2.24, 2.45) is 0 Å². The molecule has 4 rings (SSSR count). The molecule has 0 fully saturated rings. The van der Waals surface area contributed by atoms with E-state index in [0.29, 0.717) is 39.0 Å². The van der Waals surface area contributed by atoms with Gasteiger partial charge in [0.15, 0.2) is 0 Å². The molecular weight excluding hydrogens is 390 g/mol. The average Bonchev–Trinajstić information content (AvgIpc) is 3.24. The molecule has 0 bridgehead atoms. The SMILES string of the molecule is COc1ccc(NC(=O)c2ccccc2-c2nc(-c3ccccc3Cl)no2)cc1. The molecule has 29 heavy (non-hydrogen) atoms. The van der Waals surface area contributed by atoms with Crippen LogP contribution >= 0.6 is 11.6 Å². The van der Waals surface area contributed by atoms with Gasteiger partial charge in [-0.2, -0.15) is 4.98 Å². The van der Waals surface area contributed by atoms with Crippen molar-refractivity contribution in [3.63, 3.8) is 0 Å². The molecular formula is C22H16ClN3O3. The van der Waals surface area contributed by atoms with Crippen molar-refractivity contribution in [1.29, 1.82) is 0 Å². The van der Waals surface area contributed by atoms with E-state index in [1.165, 1.54) is 0 Å². The maximum atomic E-state index is 12.8. The van der Waals surface area contributed by atoms with Crippen LogP contribution in [-0.4, -0.2) is 23.2 Å². The summed E-state index contributed by atoms with van der Waals surface area (Å²) in [6.45, 7) is 0. The molecule has 1 aromatic heterocycles. The number of nitrogens with zero attached hydrogens (tertiary/aromatic N) is 2. The number of amides is 1. The standard InChI is InChI=1S/C22H16ClN3O3/c1-28-15-12-10-14(11-13-15)24-21(27)16-6-2-3-7-17(16)22-25-20(26-29-22)18-8-4-5-9-19(18)23/h2-13H,1H3,(H,24,27). The van der Waals surface area contributed by atoms with E-state index in [1.54, 1.807) is 67.8 Å². The third-order valence-corrected chi connectivity index (χ3v) is 4.62. The molecule has 0 saturated heterocycles. The number of methoxy groups -OCH3 is 1. The van der Waals surface area contributed by atoms with Gasteiger partial charge in [0, 0.05) is 11.3 Å². The third-order valence-electron chi connectivity index (χ3n) is 4.29. The van der Waals surface area contributed by atoms with Gasteiger partial charge in [-0.25, -0.2) is 0 Å². The highest BCUT2D eigenvalue weighted by Gasteiger charge is 2.19. The summed E-state index contributed by atoms with van der Waals surface area (Å²) >= 11 is 6.21. The second kappa shape index (κ2) is 8.16. The van der Waals surface area contributed by atoms with Gasteiger partial charge < -0.3 is 14.6 Å². The van der Waals surface area contributed by atoms with E-state index in [1.807, 2.05) is 12.1 Å². The van der Waals surface area contributed by atoms with E-state index in [2.05, 4.69) is 15.5 Å². The highest BCUT2D eigenvalue weighted by molar-refractivity contribution is 6.33. The van der Waals surface area contributed by atoms with E-state index in [4.69, 9.17) is 20.9 Å². The minimum atomic E-state index is -0.289. The lowest BCUT2D eigenvalue weighted by Gasteiger charge is -2.08. The molecule has 0 atom stereocenters. The summed E-state index contributed by atoms with van der Waals surface area (Å²) in [5.41, 5.74) is 2.25. The Morgan fingerprint density at radius 3 is 2.38 bits per heavy atom. The molecule has 1 amide bonds. The van der Waals surface area contributed by atoms with Crippen LogP contribution < -0.4 is 10.1 Å². The molecule has 0 saturated carbocycles. The molecule has 6 nitrogen and oxygen atoms in total. The number of hydrogen-bond acceptors (Lipinski definition) is 5. The van der Waals surface area contributed by atoms with Gasteiger partial charge in [-0.05, 0) is 48.5 Å². The molecule has 0 aliphatic rings. The van der Waals surface area contributed by atoms with E-state index in [9.17, 15) is 4.79 Å². The van der Waals surface area contributed by atoms with Gasteiger partial charge in [-0.15, -0.1) is 0 Å². The maximum absolute atomic E-state index is 12.8. The van der Waals surface area contributed by atoms with Crippen LogP contribution in [0.4, 0.5) is 5.69 Å². The number of carbonyl (C=O) groups excluding carboxylic acids is 1. The minimum absolute atomic E-state index is 0.236. The average molecular weight is 406 g/mol. The van der Waals surface area contributed by atoms with Crippen molar-refractivity contribution in [1.82, 2.24) is 10.1 Å². The third kappa shape index (κ3) is 3.97. The molecule has 0 aliphatic carbocycles. The molecule has 0 spiro atoms. The Labute approximate surface area is 172 Å². The molecule has 0 unspecified atom stereocenters. The lowest BCUT2D eigenvalue weighted by Crippen LogP contribution is -2.13. The topological polar surface area (TPSA) is 77.2 Å². The number of anilines is 1. The summed E-state index contributed by atoms with van der Waals surface area (Å²) in [4.78, 5) is 17.3. The van der Waals surface area contributed by atoms with Crippen LogP contribution in [0.1, 0.15) is 10.4 Å². The lowest BCUT2D eigenvalue weighted by molar-refractivity contribution is 0.102. The summed E-state index contributed by atoms with van der Waals surface area (Å²) in [6.07, 6.45) is 0. The van der Waals surface area contributed by atoms with E-state index in [0.717, 1.165) is 0 Å². The largest absolute Gasteiger partial charge is 0.497 e. The molecule has 1 heterocycles. The number of carbonyl (C=O) groups is 1. The Balaban J connectivity index is 1.63. The monoisotopic (exact) mass is 405 g/mol. The van der Waals surface area contributed by atoms with Crippen LogP contribution in [0.2, 0.25) is 5.02 Å². The first-order valence-electron chi connectivity index (χ1n) is 8.79. The number of nitrogens with one attached hydrogen (secondary N) is 1. The Bertz CT molecular complexity index is 1160.